The Balaban J connectivity index is 1.47. The van der Waals surface area contributed by atoms with Gasteiger partial charge in [0.15, 0.2) is 0 Å². The molecule has 8 nitrogen and oxygen atoms in total. The van der Waals surface area contributed by atoms with E-state index in [4.69, 9.17) is 9.47 Å². The Morgan fingerprint density at radius 2 is 1.81 bits per heavy atom. The van der Waals surface area contributed by atoms with Gasteiger partial charge in [-0.1, -0.05) is 37.3 Å². The van der Waals surface area contributed by atoms with Crippen LogP contribution in [0.25, 0.3) is 0 Å². The van der Waals surface area contributed by atoms with Crippen molar-refractivity contribution in [1.29, 1.82) is 0 Å². The molecule has 1 N–H and O–H groups in total. The van der Waals surface area contributed by atoms with E-state index in [2.05, 4.69) is 20.3 Å². The van der Waals surface area contributed by atoms with Crippen molar-refractivity contribution in [3.05, 3.63) is 66.0 Å². The van der Waals surface area contributed by atoms with Gasteiger partial charge in [0, 0.05) is 0 Å². The second kappa shape index (κ2) is 8.99. The second-order valence-corrected chi connectivity index (χ2v) is 7.37. The van der Waals surface area contributed by atoms with E-state index in [1.54, 1.807) is 6.92 Å². The zero-order chi connectivity index (χ0) is 21.8. The van der Waals surface area contributed by atoms with Crippen molar-refractivity contribution in [1.82, 2.24) is 15.0 Å². The molecule has 160 valence electrons. The molecule has 0 aliphatic carbocycles. The van der Waals surface area contributed by atoms with Crippen molar-refractivity contribution < 1.29 is 14.3 Å². The third kappa shape index (κ3) is 4.74. The number of cyclic esters (lactones) is 1. The molecule has 0 bridgehead atoms. The zero-order valence-corrected chi connectivity index (χ0v) is 17.8. The Labute approximate surface area is 181 Å². The van der Waals surface area contributed by atoms with Crippen molar-refractivity contribution in [2.75, 3.05) is 16.8 Å². The van der Waals surface area contributed by atoms with Gasteiger partial charge in [-0.15, -0.1) is 0 Å². The third-order valence-electron chi connectivity index (χ3n) is 5.09. The number of aromatic nitrogens is 3. The lowest BCUT2D eigenvalue weighted by Crippen LogP contribution is -2.34. The molecular weight excluding hydrogens is 394 g/mol. The van der Waals surface area contributed by atoms with Crippen molar-refractivity contribution >= 4 is 18.0 Å². The van der Waals surface area contributed by atoms with Gasteiger partial charge in [0.2, 0.25) is 11.9 Å². The number of ether oxygens (including phenoxy) is 2. The highest BCUT2D eigenvalue weighted by atomic mass is 16.6. The smallest absolute Gasteiger partial charge is 0.417 e. The van der Waals surface area contributed by atoms with Crippen molar-refractivity contribution in [2.45, 2.75) is 39.3 Å². The minimum absolute atomic E-state index is 0.0621. The first-order valence-corrected chi connectivity index (χ1v) is 10.3. The van der Waals surface area contributed by atoms with Gasteiger partial charge in [0.05, 0.1) is 12.1 Å². The number of hydrogen-bond acceptors (Lipinski definition) is 7. The summed E-state index contributed by atoms with van der Waals surface area (Å²) >= 11 is 0. The molecule has 0 spiro atoms. The number of hydrogen-bond donors (Lipinski definition) is 1. The minimum atomic E-state index is -0.426. The van der Waals surface area contributed by atoms with Gasteiger partial charge in [-0.05, 0) is 50.1 Å². The first kappa shape index (κ1) is 20.6. The number of benzene rings is 2. The fraction of sp³-hybridized carbons (Fsp3) is 0.304. The highest BCUT2D eigenvalue weighted by Gasteiger charge is 2.35. The van der Waals surface area contributed by atoms with Gasteiger partial charge in [-0.25, -0.2) is 9.69 Å². The molecular formula is C23H25N5O3. The molecule has 8 heteroatoms. The maximum Gasteiger partial charge on any atom is 0.417 e. The lowest BCUT2D eigenvalue weighted by atomic mass is 10.1. The lowest BCUT2D eigenvalue weighted by molar-refractivity contribution is 0.178. The summed E-state index contributed by atoms with van der Waals surface area (Å²) in [5.74, 6) is 2.80. The quantitative estimate of drug-likeness (QED) is 0.584. The zero-order valence-electron chi connectivity index (χ0n) is 17.8. The van der Waals surface area contributed by atoms with Crippen LogP contribution in [0.15, 0.2) is 54.6 Å². The molecule has 1 fully saturated rings. The molecule has 1 aromatic heterocycles. The Kier molecular flexibility index (Phi) is 5.97. The van der Waals surface area contributed by atoms with Crippen LogP contribution in [0.4, 0.5) is 16.7 Å². The molecule has 2 heterocycles. The Bertz CT molecular complexity index is 1040. The van der Waals surface area contributed by atoms with Crippen LogP contribution in [0.3, 0.4) is 0 Å². The van der Waals surface area contributed by atoms with E-state index in [0.29, 0.717) is 24.3 Å². The Hall–Kier alpha value is -3.68. The minimum Gasteiger partial charge on any atom is -0.457 e. The maximum absolute atomic E-state index is 12.1. The number of aryl methyl sites for hydroxylation is 1. The summed E-state index contributed by atoms with van der Waals surface area (Å²) in [5, 5.41) is 3.30. The number of nitrogens with one attached hydrogen (secondary N) is 1. The molecule has 2 aromatic carbocycles. The van der Waals surface area contributed by atoms with Crippen molar-refractivity contribution in [3.8, 4) is 11.5 Å². The summed E-state index contributed by atoms with van der Waals surface area (Å²) in [4.78, 5) is 26.8. The Morgan fingerprint density at radius 3 is 2.52 bits per heavy atom. The molecule has 0 unspecified atom stereocenters. The average molecular weight is 419 g/mol. The second-order valence-electron chi connectivity index (χ2n) is 7.37. The standard InChI is InChI=1S/C23H25N5O3/c1-4-18-14-30-23(29)28(18)22-26-16(3)25-21(27-22)24-15(2)17-10-12-20(13-11-17)31-19-8-6-5-7-9-19/h5-13,15,18H,4,14H2,1-3H3,(H,24,25,26,27)/t15-,18-/m0/s1. The number of nitrogens with zero attached hydrogens (tertiary/aromatic N) is 4. The van der Waals surface area contributed by atoms with Gasteiger partial charge >= 0.3 is 6.09 Å². The maximum atomic E-state index is 12.1. The molecule has 3 aromatic rings. The van der Waals surface area contributed by atoms with Gasteiger partial charge in [0.25, 0.3) is 0 Å². The molecule has 2 atom stereocenters. The molecule has 1 amide bonds. The van der Waals surface area contributed by atoms with Crippen molar-refractivity contribution in [3.63, 3.8) is 0 Å². The monoisotopic (exact) mass is 419 g/mol. The van der Waals surface area contributed by atoms with E-state index in [1.165, 1.54) is 4.90 Å². The molecule has 1 aliphatic heterocycles. The summed E-state index contributed by atoms with van der Waals surface area (Å²) in [7, 11) is 0. The van der Waals surface area contributed by atoms with E-state index >= 15 is 0 Å². The van der Waals surface area contributed by atoms with Gasteiger partial charge in [-0.2, -0.15) is 15.0 Å². The summed E-state index contributed by atoms with van der Waals surface area (Å²) in [6.07, 6.45) is 0.331. The number of anilines is 2. The van der Waals surface area contributed by atoms with Gasteiger partial charge < -0.3 is 14.8 Å². The average Bonchev–Trinajstić information content (AvgIpc) is 3.15. The van der Waals surface area contributed by atoms with E-state index in [0.717, 1.165) is 23.5 Å². The van der Waals surface area contributed by atoms with Crippen LogP contribution in [0.2, 0.25) is 0 Å². The summed E-state index contributed by atoms with van der Waals surface area (Å²) in [6, 6.07) is 17.4. The summed E-state index contributed by atoms with van der Waals surface area (Å²) in [6.45, 7) is 6.14. The fourth-order valence-corrected chi connectivity index (χ4v) is 3.37. The van der Waals surface area contributed by atoms with Crippen LogP contribution < -0.4 is 15.0 Å². The molecule has 4 rings (SSSR count). The van der Waals surface area contributed by atoms with Crippen LogP contribution in [-0.4, -0.2) is 33.7 Å². The number of rotatable bonds is 7. The number of carbonyl (C=O) groups is 1. The topological polar surface area (TPSA) is 89.5 Å². The highest BCUT2D eigenvalue weighted by molar-refractivity contribution is 5.88. The molecule has 1 saturated heterocycles. The van der Waals surface area contributed by atoms with E-state index in [9.17, 15) is 4.79 Å². The lowest BCUT2D eigenvalue weighted by Gasteiger charge is -2.20. The number of carbonyl (C=O) groups excluding carboxylic acids is 1. The summed E-state index contributed by atoms with van der Waals surface area (Å²) in [5.41, 5.74) is 1.05. The van der Waals surface area contributed by atoms with Crippen LogP contribution in [0, 0.1) is 6.92 Å². The number of para-hydroxylation sites is 1. The summed E-state index contributed by atoms with van der Waals surface area (Å²) < 4.78 is 11.0. The van der Waals surface area contributed by atoms with E-state index in [-0.39, 0.29) is 12.1 Å². The van der Waals surface area contributed by atoms with Crippen LogP contribution in [0.1, 0.15) is 37.7 Å². The van der Waals surface area contributed by atoms with E-state index in [1.807, 2.05) is 68.4 Å². The van der Waals surface area contributed by atoms with Crippen molar-refractivity contribution in [2.24, 2.45) is 0 Å². The predicted octanol–water partition coefficient (Wildman–Crippen LogP) is 4.88. The van der Waals surface area contributed by atoms with Gasteiger partial charge in [0.1, 0.15) is 23.9 Å². The van der Waals surface area contributed by atoms with Gasteiger partial charge in [-0.3, -0.25) is 0 Å². The van der Waals surface area contributed by atoms with Crippen LogP contribution in [-0.2, 0) is 4.74 Å². The van der Waals surface area contributed by atoms with Crippen LogP contribution >= 0.6 is 0 Å². The Morgan fingerprint density at radius 1 is 1.10 bits per heavy atom. The predicted molar refractivity (Wildman–Crippen MR) is 117 cm³/mol. The largest absolute Gasteiger partial charge is 0.457 e. The molecule has 0 radical (unpaired) electrons. The molecule has 0 saturated carbocycles. The SMILES string of the molecule is CC[C@H]1COC(=O)N1c1nc(C)nc(N[C@@H](C)c2ccc(Oc3ccccc3)cc2)n1. The number of amides is 1. The third-order valence-corrected chi connectivity index (χ3v) is 5.09. The normalized spacial score (nSPS) is 16.7. The first-order valence-electron chi connectivity index (χ1n) is 10.3. The molecule has 31 heavy (non-hydrogen) atoms. The highest BCUT2D eigenvalue weighted by Crippen LogP contribution is 2.26. The van der Waals surface area contributed by atoms with Crippen LogP contribution in [0.5, 0.6) is 11.5 Å². The first-order chi connectivity index (χ1) is 15.0. The fourth-order valence-electron chi connectivity index (χ4n) is 3.37. The van der Waals surface area contributed by atoms with E-state index < -0.39 is 6.09 Å². The molecule has 1 aliphatic rings.